The maximum atomic E-state index is 11.1. The van der Waals surface area contributed by atoms with Gasteiger partial charge in [0.05, 0.1) is 12.5 Å². The molecule has 5 atom stereocenters. The lowest BCUT2D eigenvalue weighted by atomic mass is 9.92. The molecule has 1 aliphatic heterocycles. The minimum Gasteiger partial charge on any atom is -0.490 e. The number of benzene rings is 1. The first-order valence-electron chi connectivity index (χ1n) is 9.97. The average molecular weight is 388 g/mol. The lowest BCUT2D eigenvalue weighted by molar-refractivity contribution is -0.180. The van der Waals surface area contributed by atoms with Crippen LogP contribution < -0.4 is 4.74 Å². The van der Waals surface area contributed by atoms with Gasteiger partial charge in [-0.25, -0.2) is 0 Å². The Morgan fingerprint density at radius 1 is 1.21 bits per heavy atom. The summed E-state index contributed by atoms with van der Waals surface area (Å²) in [7, 11) is 0. The fourth-order valence-corrected chi connectivity index (χ4v) is 3.71. The number of aliphatic carboxylic acids is 1. The number of carbonyl (C=O) groups is 1. The number of ether oxygens (including phenoxy) is 3. The summed E-state index contributed by atoms with van der Waals surface area (Å²) in [6.45, 7) is 0.940. The largest absolute Gasteiger partial charge is 0.490 e. The molecule has 0 spiro atoms. The smallest absolute Gasteiger partial charge is 0.303 e. The number of carboxylic acid groups (broad SMARTS) is 1. The van der Waals surface area contributed by atoms with E-state index >= 15 is 0 Å². The van der Waals surface area contributed by atoms with Crippen molar-refractivity contribution in [3.05, 3.63) is 30.3 Å². The minimum absolute atomic E-state index is 0.0711. The second-order valence-corrected chi connectivity index (χ2v) is 7.35. The number of hydrogen-bond acceptors (Lipinski definition) is 5. The van der Waals surface area contributed by atoms with Crippen LogP contribution in [0, 0.1) is 23.7 Å². The molecule has 0 amide bonds. The van der Waals surface area contributed by atoms with Crippen LogP contribution in [0.25, 0.3) is 0 Å². The van der Waals surface area contributed by atoms with E-state index in [0.29, 0.717) is 19.4 Å². The molecule has 2 N–H and O–H groups in total. The Morgan fingerprint density at radius 2 is 2.04 bits per heavy atom. The van der Waals surface area contributed by atoms with Crippen molar-refractivity contribution in [2.24, 2.45) is 11.8 Å². The lowest BCUT2D eigenvalue weighted by Gasteiger charge is -2.25. The maximum absolute atomic E-state index is 11.1. The summed E-state index contributed by atoms with van der Waals surface area (Å²) < 4.78 is 17.5. The fourth-order valence-electron chi connectivity index (χ4n) is 3.71. The van der Waals surface area contributed by atoms with Crippen molar-refractivity contribution in [2.45, 2.75) is 57.0 Å². The number of rotatable bonds is 7. The molecule has 1 aromatic rings. The fraction of sp³-hybridized carbons (Fsp3) is 0.591. The minimum atomic E-state index is -0.909. The van der Waals surface area contributed by atoms with Gasteiger partial charge < -0.3 is 24.4 Å². The standard InChI is InChI=1S/C22H28O6/c23-20-12-10-16(19(20)14-21(24)25)9-11-18(28-22-8-4-5-13-26-22)15-27-17-6-2-1-3-7-17/h1-3,6-7,16,18-20,22-23H,4-5,8,10,12-15H2,(H,24,25). The van der Waals surface area contributed by atoms with Gasteiger partial charge in [-0.3, -0.25) is 4.79 Å². The highest BCUT2D eigenvalue weighted by molar-refractivity contribution is 5.67. The Labute approximate surface area is 165 Å². The van der Waals surface area contributed by atoms with Crippen LogP contribution in [0.2, 0.25) is 0 Å². The third-order valence-corrected chi connectivity index (χ3v) is 5.22. The summed E-state index contributed by atoms with van der Waals surface area (Å²) >= 11 is 0. The summed E-state index contributed by atoms with van der Waals surface area (Å²) in [5, 5.41) is 19.2. The van der Waals surface area contributed by atoms with E-state index in [4.69, 9.17) is 19.3 Å². The van der Waals surface area contributed by atoms with Crippen LogP contribution in [-0.4, -0.2) is 47.9 Å². The molecule has 2 aliphatic rings. The molecule has 2 fully saturated rings. The first-order chi connectivity index (χ1) is 13.6. The Balaban J connectivity index is 1.65. The number of carboxylic acids is 1. The van der Waals surface area contributed by atoms with Crippen molar-refractivity contribution in [3.63, 3.8) is 0 Å². The van der Waals surface area contributed by atoms with E-state index in [1.165, 1.54) is 0 Å². The lowest BCUT2D eigenvalue weighted by Crippen LogP contribution is -2.31. The zero-order valence-electron chi connectivity index (χ0n) is 16.0. The molecular weight excluding hydrogens is 360 g/mol. The van der Waals surface area contributed by atoms with Gasteiger partial charge in [-0.15, -0.1) is 0 Å². The SMILES string of the molecule is O=C(O)CC1C(O)CCC1C#CC(COc1ccccc1)OC1CCCCO1. The molecule has 6 nitrogen and oxygen atoms in total. The molecule has 1 aliphatic carbocycles. The Morgan fingerprint density at radius 3 is 2.75 bits per heavy atom. The van der Waals surface area contributed by atoms with E-state index in [1.807, 2.05) is 30.3 Å². The van der Waals surface area contributed by atoms with E-state index in [-0.39, 0.29) is 31.2 Å². The molecule has 28 heavy (non-hydrogen) atoms. The zero-order valence-corrected chi connectivity index (χ0v) is 16.0. The van der Waals surface area contributed by atoms with Gasteiger partial charge in [0.25, 0.3) is 0 Å². The van der Waals surface area contributed by atoms with Gasteiger partial charge in [-0.05, 0) is 44.2 Å². The number of hydrogen-bond donors (Lipinski definition) is 2. The van der Waals surface area contributed by atoms with Crippen LogP contribution in [0.5, 0.6) is 5.75 Å². The van der Waals surface area contributed by atoms with Gasteiger partial charge in [0.1, 0.15) is 12.4 Å². The highest BCUT2D eigenvalue weighted by Gasteiger charge is 2.35. The molecule has 152 valence electrons. The molecule has 3 rings (SSSR count). The molecule has 5 unspecified atom stereocenters. The van der Waals surface area contributed by atoms with Crippen LogP contribution in [0.4, 0.5) is 0 Å². The van der Waals surface area contributed by atoms with Crippen LogP contribution in [-0.2, 0) is 14.3 Å². The summed E-state index contributed by atoms with van der Waals surface area (Å²) in [4.78, 5) is 11.1. The van der Waals surface area contributed by atoms with E-state index in [0.717, 1.165) is 25.0 Å². The quantitative estimate of drug-likeness (QED) is 0.699. The van der Waals surface area contributed by atoms with Gasteiger partial charge >= 0.3 is 5.97 Å². The van der Waals surface area contributed by atoms with Crippen molar-refractivity contribution >= 4 is 5.97 Å². The molecule has 0 aromatic heterocycles. The monoisotopic (exact) mass is 388 g/mol. The van der Waals surface area contributed by atoms with Gasteiger partial charge in [-0.1, -0.05) is 30.0 Å². The molecule has 1 saturated heterocycles. The molecule has 1 heterocycles. The van der Waals surface area contributed by atoms with Crippen LogP contribution in [0.15, 0.2) is 30.3 Å². The predicted octanol–water partition coefficient (Wildman–Crippen LogP) is 2.84. The van der Waals surface area contributed by atoms with Crippen molar-refractivity contribution in [2.75, 3.05) is 13.2 Å². The van der Waals surface area contributed by atoms with E-state index < -0.39 is 18.2 Å². The summed E-state index contributed by atoms with van der Waals surface area (Å²) in [5.74, 6) is 5.62. The Kier molecular flexibility index (Phi) is 7.72. The van der Waals surface area contributed by atoms with E-state index in [9.17, 15) is 9.90 Å². The van der Waals surface area contributed by atoms with Gasteiger partial charge in [0.15, 0.2) is 12.4 Å². The zero-order chi connectivity index (χ0) is 19.8. The molecule has 0 radical (unpaired) electrons. The highest BCUT2D eigenvalue weighted by Crippen LogP contribution is 2.34. The summed E-state index contributed by atoms with van der Waals surface area (Å²) in [6, 6.07) is 9.47. The third kappa shape index (κ3) is 6.23. The number of aliphatic hydroxyl groups is 1. The second-order valence-electron chi connectivity index (χ2n) is 7.35. The maximum Gasteiger partial charge on any atom is 0.303 e. The van der Waals surface area contributed by atoms with E-state index in [2.05, 4.69) is 11.8 Å². The molecular formula is C22H28O6. The van der Waals surface area contributed by atoms with Crippen molar-refractivity contribution in [1.82, 2.24) is 0 Å². The topological polar surface area (TPSA) is 85.2 Å². The van der Waals surface area contributed by atoms with Gasteiger partial charge in [-0.2, -0.15) is 0 Å². The van der Waals surface area contributed by atoms with Gasteiger partial charge in [0, 0.05) is 18.4 Å². The van der Waals surface area contributed by atoms with Gasteiger partial charge in [0.2, 0.25) is 0 Å². The predicted molar refractivity (Wildman–Crippen MR) is 103 cm³/mol. The van der Waals surface area contributed by atoms with Crippen molar-refractivity contribution in [1.29, 1.82) is 0 Å². The highest BCUT2D eigenvalue weighted by atomic mass is 16.7. The third-order valence-electron chi connectivity index (χ3n) is 5.22. The van der Waals surface area contributed by atoms with Crippen LogP contribution >= 0.6 is 0 Å². The molecule has 1 saturated carbocycles. The molecule has 1 aromatic carbocycles. The first kappa shape index (κ1) is 20.7. The number of aliphatic hydroxyl groups excluding tert-OH is 1. The molecule has 6 heteroatoms. The van der Waals surface area contributed by atoms with Crippen LogP contribution in [0.3, 0.4) is 0 Å². The second kappa shape index (κ2) is 10.5. The first-order valence-corrected chi connectivity index (χ1v) is 9.97. The Bertz CT molecular complexity index is 673. The van der Waals surface area contributed by atoms with Crippen molar-refractivity contribution < 1.29 is 29.2 Å². The molecule has 0 bridgehead atoms. The Hall–Kier alpha value is -2.07. The average Bonchev–Trinajstić information content (AvgIpc) is 3.04. The normalized spacial score (nSPS) is 28.2. The summed E-state index contributed by atoms with van der Waals surface area (Å²) in [6.07, 6.45) is 2.73. The summed E-state index contributed by atoms with van der Waals surface area (Å²) in [5.41, 5.74) is 0. The van der Waals surface area contributed by atoms with Crippen molar-refractivity contribution in [3.8, 4) is 17.6 Å². The van der Waals surface area contributed by atoms with E-state index in [1.54, 1.807) is 0 Å². The van der Waals surface area contributed by atoms with Crippen LogP contribution in [0.1, 0.15) is 38.5 Å². The number of para-hydroxylation sites is 1.